The highest BCUT2D eigenvalue weighted by atomic mass is 19.2. The fraction of sp³-hybridized carbons (Fsp3) is 0.682. The van der Waals surface area contributed by atoms with E-state index in [2.05, 4.69) is 27.0 Å². The van der Waals surface area contributed by atoms with Crippen LogP contribution in [0, 0.1) is 17.8 Å². The number of rotatable bonds is 14. The maximum atomic E-state index is 14.3. The van der Waals surface area contributed by atoms with E-state index >= 15 is 0 Å². The molecule has 0 bridgehead atoms. The molecule has 0 aliphatic carbocycles. The number of hydrogen-bond acceptors (Lipinski definition) is 2. The summed E-state index contributed by atoms with van der Waals surface area (Å²) in [6, 6.07) is 0. The van der Waals surface area contributed by atoms with Crippen LogP contribution in [-0.2, 0) is 9.53 Å². The van der Waals surface area contributed by atoms with Gasteiger partial charge in [0.1, 0.15) is 5.78 Å². The minimum atomic E-state index is -1.05. The number of hydrogen-bond donors (Lipinski definition) is 0. The van der Waals surface area contributed by atoms with Crippen molar-refractivity contribution in [2.45, 2.75) is 73.1 Å². The summed E-state index contributed by atoms with van der Waals surface area (Å²) in [4.78, 5) is 11.1. The maximum absolute atomic E-state index is 14.3. The third-order valence-electron chi connectivity index (χ3n) is 5.07. The topological polar surface area (TPSA) is 26.3 Å². The van der Waals surface area contributed by atoms with E-state index in [1.54, 1.807) is 6.92 Å². The molecule has 4 heteroatoms. The summed E-state index contributed by atoms with van der Waals surface area (Å²) in [5.74, 6) is -1.42. The van der Waals surface area contributed by atoms with Gasteiger partial charge in [0.05, 0.1) is 6.61 Å². The molecule has 3 atom stereocenters. The fourth-order valence-corrected chi connectivity index (χ4v) is 2.57. The molecule has 0 saturated heterocycles. The first-order valence-electron chi connectivity index (χ1n) is 9.67. The van der Waals surface area contributed by atoms with E-state index in [0.717, 1.165) is 25.7 Å². The summed E-state index contributed by atoms with van der Waals surface area (Å²) in [5, 5.41) is 0. The molecule has 0 N–H and O–H groups in total. The Bertz CT molecular complexity index is 508. The second-order valence-electron chi connectivity index (χ2n) is 7.45. The zero-order chi connectivity index (χ0) is 20.3. The average Bonchev–Trinajstić information content (AvgIpc) is 2.61. The number of ketones is 1. The molecule has 0 saturated carbocycles. The molecular weight excluding hydrogens is 334 g/mol. The average molecular weight is 371 g/mol. The summed E-state index contributed by atoms with van der Waals surface area (Å²) in [6.07, 6.45) is 4.73. The summed E-state index contributed by atoms with van der Waals surface area (Å²) in [6.45, 7) is 17.2. The zero-order valence-corrected chi connectivity index (χ0v) is 17.2. The first-order chi connectivity index (χ1) is 12.1. The number of ether oxygens (including phenoxy) is 1. The van der Waals surface area contributed by atoms with E-state index < -0.39 is 11.7 Å². The van der Waals surface area contributed by atoms with Crippen LogP contribution >= 0.6 is 0 Å². The summed E-state index contributed by atoms with van der Waals surface area (Å²) in [7, 11) is 0. The maximum Gasteiger partial charge on any atom is 0.200 e. The summed E-state index contributed by atoms with van der Waals surface area (Å²) < 4.78 is 33.6. The van der Waals surface area contributed by atoms with Crippen molar-refractivity contribution in [3.8, 4) is 0 Å². The van der Waals surface area contributed by atoms with E-state index in [4.69, 9.17) is 4.74 Å². The van der Waals surface area contributed by atoms with Gasteiger partial charge in [-0.2, -0.15) is 4.39 Å². The Hall–Kier alpha value is -1.45. The standard InChI is InChI=1S/C22H36F2O2/c1-8-9-14-26-20(7)22(24)21(23)19(6)17(4)11-10-15(2)16(3)12-13-18(5)25/h15-17H,6-14H2,1-5H3/b22-21-. The quantitative estimate of drug-likeness (QED) is 0.185. The summed E-state index contributed by atoms with van der Waals surface area (Å²) >= 11 is 0. The van der Waals surface area contributed by atoms with Crippen molar-refractivity contribution < 1.29 is 18.3 Å². The molecule has 150 valence electrons. The van der Waals surface area contributed by atoms with Gasteiger partial charge in [0.2, 0.25) is 0 Å². The van der Waals surface area contributed by atoms with Crippen LogP contribution in [0.3, 0.4) is 0 Å². The number of unbranched alkanes of at least 4 members (excludes halogenated alkanes) is 1. The van der Waals surface area contributed by atoms with Crippen LogP contribution in [0.1, 0.15) is 73.1 Å². The van der Waals surface area contributed by atoms with Crippen molar-refractivity contribution in [3.05, 3.63) is 36.1 Å². The predicted molar refractivity (Wildman–Crippen MR) is 105 cm³/mol. The molecular formula is C22H36F2O2. The normalized spacial score (nSPS) is 15.7. The van der Waals surface area contributed by atoms with E-state index in [9.17, 15) is 13.6 Å². The Labute approximate surface area is 158 Å². The van der Waals surface area contributed by atoms with Crippen molar-refractivity contribution in [3.63, 3.8) is 0 Å². The molecule has 0 spiro atoms. The van der Waals surface area contributed by atoms with Crippen LogP contribution in [0.2, 0.25) is 0 Å². The zero-order valence-electron chi connectivity index (χ0n) is 17.2. The molecule has 0 aliphatic rings. The van der Waals surface area contributed by atoms with Crippen LogP contribution < -0.4 is 0 Å². The smallest absolute Gasteiger partial charge is 0.200 e. The van der Waals surface area contributed by atoms with Crippen molar-refractivity contribution in [1.82, 2.24) is 0 Å². The minimum absolute atomic E-state index is 0.145. The lowest BCUT2D eigenvalue weighted by Gasteiger charge is -2.22. The molecule has 0 heterocycles. The molecule has 0 aromatic heterocycles. The SMILES string of the molecule is C=C(OCCCC)/C(F)=C(/F)C(=C)C(C)CCC(C)C(C)CCC(C)=O. The van der Waals surface area contributed by atoms with Gasteiger partial charge in [-0.3, -0.25) is 0 Å². The Balaban J connectivity index is 4.57. The predicted octanol–water partition coefficient (Wildman–Crippen LogP) is 7.08. The number of carbonyl (C=O) groups is 1. The minimum Gasteiger partial charge on any atom is -0.491 e. The Kier molecular flexibility index (Phi) is 12.1. The molecule has 0 aromatic carbocycles. The number of allylic oxidation sites excluding steroid dienone is 3. The van der Waals surface area contributed by atoms with Crippen molar-refractivity contribution in [2.75, 3.05) is 6.61 Å². The van der Waals surface area contributed by atoms with Crippen LogP contribution in [0.15, 0.2) is 36.1 Å². The van der Waals surface area contributed by atoms with Crippen LogP contribution in [0.4, 0.5) is 8.78 Å². The van der Waals surface area contributed by atoms with Gasteiger partial charge in [-0.1, -0.05) is 47.3 Å². The highest BCUT2D eigenvalue weighted by Gasteiger charge is 2.20. The van der Waals surface area contributed by atoms with Gasteiger partial charge in [0.15, 0.2) is 17.4 Å². The third kappa shape index (κ3) is 9.30. The molecule has 0 aliphatic heterocycles. The number of Topliss-reactive ketones (excluding diaryl/α,β-unsaturated/α-hetero) is 1. The van der Waals surface area contributed by atoms with Crippen molar-refractivity contribution in [1.29, 1.82) is 0 Å². The first kappa shape index (κ1) is 24.6. The van der Waals surface area contributed by atoms with Crippen molar-refractivity contribution >= 4 is 5.78 Å². The molecule has 0 fully saturated rings. The third-order valence-corrected chi connectivity index (χ3v) is 5.07. The van der Waals surface area contributed by atoms with Crippen molar-refractivity contribution in [2.24, 2.45) is 17.8 Å². The van der Waals surface area contributed by atoms with Gasteiger partial charge < -0.3 is 9.53 Å². The van der Waals surface area contributed by atoms with Gasteiger partial charge in [-0.15, -0.1) is 0 Å². The van der Waals surface area contributed by atoms with Gasteiger partial charge in [-0.25, -0.2) is 4.39 Å². The highest BCUT2D eigenvalue weighted by molar-refractivity contribution is 5.75. The largest absolute Gasteiger partial charge is 0.491 e. The van der Waals surface area contributed by atoms with Crippen LogP contribution in [0.25, 0.3) is 0 Å². The van der Waals surface area contributed by atoms with E-state index in [1.807, 2.05) is 13.8 Å². The van der Waals surface area contributed by atoms with Gasteiger partial charge in [-0.05, 0) is 55.9 Å². The molecule has 2 nitrogen and oxygen atoms in total. The molecule has 26 heavy (non-hydrogen) atoms. The van der Waals surface area contributed by atoms with E-state index in [1.165, 1.54) is 0 Å². The molecule has 0 rings (SSSR count). The Morgan fingerprint density at radius 3 is 2.12 bits per heavy atom. The lowest BCUT2D eigenvalue weighted by atomic mass is 9.84. The second kappa shape index (κ2) is 12.8. The number of carbonyl (C=O) groups excluding carboxylic acids is 1. The monoisotopic (exact) mass is 370 g/mol. The molecule has 0 amide bonds. The van der Waals surface area contributed by atoms with E-state index in [-0.39, 0.29) is 23.0 Å². The highest BCUT2D eigenvalue weighted by Crippen LogP contribution is 2.31. The number of halogens is 2. The molecule has 3 unspecified atom stereocenters. The van der Waals surface area contributed by atoms with Gasteiger partial charge in [0, 0.05) is 6.42 Å². The second-order valence-corrected chi connectivity index (χ2v) is 7.45. The lowest BCUT2D eigenvalue weighted by Crippen LogP contribution is -2.12. The van der Waals surface area contributed by atoms with E-state index in [0.29, 0.717) is 31.3 Å². The van der Waals surface area contributed by atoms with Gasteiger partial charge in [0.25, 0.3) is 0 Å². The fourth-order valence-electron chi connectivity index (χ4n) is 2.57. The van der Waals surface area contributed by atoms with Gasteiger partial charge >= 0.3 is 0 Å². The Morgan fingerprint density at radius 2 is 1.58 bits per heavy atom. The Morgan fingerprint density at radius 1 is 1.00 bits per heavy atom. The molecule has 0 radical (unpaired) electrons. The summed E-state index contributed by atoms with van der Waals surface area (Å²) in [5.41, 5.74) is 0.145. The molecule has 0 aromatic rings. The lowest BCUT2D eigenvalue weighted by molar-refractivity contribution is -0.117. The van der Waals surface area contributed by atoms with Crippen LogP contribution in [0.5, 0.6) is 0 Å². The first-order valence-corrected chi connectivity index (χ1v) is 9.67. The van der Waals surface area contributed by atoms with Crippen LogP contribution in [-0.4, -0.2) is 12.4 Å².